The van der Waals surface area contributed by atoms with Crippen LogP contribution in [0.25, 0.3) is 0 Å². The molecule has 138 valence electrons. The Morgan fingerprint density at radius 1 is 1.31 bits per heavy atom. The number of hydrogen-bond acceptors (Lipinski definition) is 3. The van der Waals surface area contributed by atoms with Crippen LogP contribution in [-0.2, 0) is 4.79 Å². The van der Waals surface area contributed by atoms with E-state index in [0.29, 0.717) is 13.1 Å². The molecule has 0 radical (unpaired) electrons. The molecule has 0 bridgehead atoms. The van der Waals surface area contributed by atoms with E-state index in [1.54, 1.807) is 11.0 Å². The maximum Gasteiger partial charge on any atom is 0.254 e. The summed E-state index contributed by atoms with van der Waals surface area (Å²) in [5, 5.41) is 7.10. The Morgan fingerprint density at radius 3 is 2.77 bits per heavy atom. The lowest BCUT2D eigenvalue weighted by Crippen LogP contribution is -2.33. The summed E-state index contributed by atoms with van der Waals surface area (Å²) in [6.45, 7) is 5.47. The Hall–Kier alpha value is -2.70. The van der Waals surface area contributed by atoms with Crippen LogP contribution in [-0.4, -0.2) is 46.1 Å². The molecule has 0 saturated carbocycles. The molecular weight excluding hydrogens is 335 g/mol. The fourth-order valence-electron chi connectivity index (χ4n) is 3.37. The fourth-order valence-corrected chi connectivity index (χ4v) is 3.37. The zero-order valence-electron chi connectivity index (χ0n) is 15.0. The van der Waals surface area contributed by atoms with Crippen LogP contribution in [0, 0.1) is 19.7 Å². The Kier molecular flexibility index (Phi) is 5.35. The average Bonchev–Trinajstić information content (AvgIpc) is 3.21. The lowest BCUT2D eigenvalue weighted by molar-refractivity contribution is -0.130. The summed E-state index contributed by atoms with van der Waals surface area (Å²) in [6.07, 6.45) is 1.07. The van der Waals surface area contributed by atoms with Crippen LogP contribution in [0.3, 0.4) is 0 Å². The second-order valence-electron chi connectivity index (χ2n) is 6.64. The van der Waals surface area contributed by atoms with Crippen molar-refractivity contribution in [3.63, 3.8) is 0 Å². The van der Waals surface area contributed by atoms with Crippen molar-refractivity contribution in [1.29, 1.82) is 0 Å². The number of amides is 2. The number of hydrogen-bond donors (Lipinski definition) is 1. The predicted molar refractivity (Wildman–Crippen MR) is 95.3 cm³/mol. The van der Waals surface area contributed by atoms with Crippen LogP contribution >= 0.6 is 0 Å². The highest BCUT2D eigenvalue weighted by molar-refractivity contribution is 5.94. The van der Waals surface area contributed by atoms with Gasteiger partial charge in [-0.3, -0.25) is 14.3 Å². The number of carbonyl (C=O) groups excluding carboxylic acids is 2. The second kappa shape index (κ2) is 7.68. The molecule has 26 heavy (non-hydrogen) atoms. The van der Waals surface area contributed by atoms with Gasteiger partial charge in [-0.05, 0) is 38.5 Å². The third-order valence-corrected chi connectivity index (χ3v) is 4.65. The number of likely N-dealkylation sites (tertiary alicyclic amines) is 1. The highest BCUT2D eigenvalue weighted by Crippen LogP contribution is 2.23. The first-order valence-electron chi connectivity index (χ1n) is 8.79. The summed E-state index contributed by atoms with van der Waals surface area (Å²) in [6, 6.07) is 8.02. The molecule has 0 aliphatic carbocycles. The Balaban J connectivity index is 1.48. The smallest absolute Gasteiger partial charge is 0.254 e. The van der Waals surface area contributed by atoms with Gasteiger partial charge in [-0.25, -0.2) is 4.39 Å². The van der Waals surface area contributed by atoms with Gasteiger partial charge in [0.2, 0.25) is 5.91 Å². The summed E-state index contributed by atoms with van der Waals surface area (Å²) in [5.74, 6) is -1.08. The van der Waals surface area contributed by atoms with Crippen molar-refractivity contribution < 1.29 is 14.0 Å². The first-order chi connectivity index (χ1) is 12.5. The standard InChI is InChI=1S/C19H23FN4O2/c1-13-11-14(2)24(22-13)15-8-10-23(12-15)18(25)7-9-21-19(26)16-5-3-4-6-17(16)20/h3-6,11,15H,7-10,12H2,1-2H3,(H,21,26)/t15-/m0/s1. The molecule has 2 aromatic rings. The molecule has 1 aromatic heterocycles. The number of nitrogens with one attached hydrogen (secondary N) is 1. The Labute approximate surface area is 152 Å². The van der Waals surface area contributed by atoms with Gasteiger partial charge in [-0.1, -0.05) is 12.1 Å². The number of rotatable bonds is 5. The molecule has 1 aromatic carbocycles. The first-order valence-corrected chi connectivity index (χ1v) is 8.79. The highest BCUT2D eigenvalue weighted by atomic mass is 19.1. The number of benzene rings is 1. The minimum Gasteiger partial charge on any atom is -0.351 e. The molecule has 2 amide bonds. The number of halogens is 1. The summed E-state index contributed by atoms with van der Waals surface area (Å²) in [7, 11) is 0. The van der Waals surface area contributed by atoms with Crippen molar-refractivity contribution in [3.05, 3.63) is 53.1 Å². The number of nitrogens with zero attached hydrogens (tertiary/aromatic N) is 3. The van der Waals surface area contributed by atoms with Crippen LogP contribution in [0.4, 0.5) is 4.39 Å². The zero-order valence-corrected chi connectivity index (χ0v) is 15.0. The van der Waals surface area contributed by atoms with Gasteiger partial charge in [0.05, 0.1) is 17.3 Å². The molecule has 1 atom stereocenters. The largest absolute Gasteiger partial charge is 0.351 e. The van der Waals surface area contributed by atoms with Crippen LogP contribution in [0.5, 0.6) is 0 Å². The minimum atomic E-state index is -0.566. The van der Waals surface area contributed by atoms with E-state index in [2.05, 4.69) is 10.4 Å². The SMILES string of the molecule is Cc1cc(C)n([C@H]2CCN(C(=O)CCNC(=O)c3ccccc3F)C2)n1. The Bertz CT molecular complexity index is 818. The van der Waals surface area contributed by atoms with E-state index in [-0.39, 0.29) is 30.5 Å². The summed E-state index contributed by atoms with van der Waals surface area (Å²) in [4.78, 5) is 26.1. The van der Waals surface area contributed by atoms with E-state index in [1.165, 1.54) is 18.2 Å². The number of aryl methyl sites for hydroxylation is 2. The third-order valence-electron chi connectivity index (χ3n) is 4.65. The lowest BCUT2D eigenvalue weighted by Gasteiger charge is -2.17. The monoisotopic (exact) mass is 358 g/mol. The summed E-state index contributed by atoms with van der Waals surface area (Å²) in [5.41, 5.74) is 2.06. The number of carbonyl (C=O) groups is 2. The van der Waals surface area contributed by atoms with Crippen LogP contribution in [0.1, 0.15) is 40.6 Å². The predicted octanol–water partition coefficient (Wildman–Crippen LogP) is 2.23. The van der Waals surface area contributed by atoms with Gasteiger partial charge >= 0.3 is 0 Å². The van der Waals surface area contributed by atoms with E-state index in [9.17, 15) is 14.0 Å². The quantitative estimate of drug-likeness (QED) is 0.891. The lowest BCUT2D eigenvalue weighted by atomic mass is 10.2. The van der Waals surface area contributed by atoms with E-state index in [1.807, 2.05) is 24.6 Å². The van der Waals surface area contributed by atoms with Crippen LogP contribution < -0.4 is 5.32 Å². The van der Waals surface area contributed by atoms with Gasteiger partial charge in [0.25, 0.3) is 5.91 Å². The molecule has 1 aliphatic rings. The van der Waals surface area contributed by atoms with Gasteiger partial charge in [-0.15, -0.1) is 0 Å². The van der Waals surface area contributed by atoms with Crippen molar-refractivity contribution in [1.82, 2.24) is 20.0 Å². The minimum absolute atomic E-state index is 0.00860. The van der Waals surface area contributed by atoms with Gasteiger partial charge in [-0.2, -0.15) is 5.10 Å². The average molecular weight is 358 g/mol. The zero-order chi connectivity index (χ0) is 18.7. The van der Waals surface area contributed by atoms with E-state index < -0.39 is 11.7 Å². The van der Waals surface area contributed by atoms with Gasteiger partial charge in [0.1, 0.15) is 5.82 Å². The van der Waals surface area contributed by atoms with Gasteiger partial charge in [0, 0.05) is 31.7 Å². The molecule has 1 saturated heterocycles. The van der Waals surface area contributed by atoms with Crippen molar-refractivity contribution in [3.8, 4) is 0 Å². The molecule has 1 fully saturated rings. The van der Waals surface area contributed by atoms with Crippen molar-refractivity contribution in [2.24, 2.45) is 0 Å². The van der Waals surface area contributed by atoms with Gasteiger partial charge < -0.3 is 10.2 Å². The van der Waals surface area contributed by atoms with Crippen molar-refractivity contribution in [2.75, 3.05) is 19.6 Å². The van der Waals surface area contributed by atoms with Crippen LogP contribution in [0.2, 0.25) is 0 Å². The topological polar surface area (TPSA) is 67.2 Å². The molecule has 7 heteroatoms. The molecule has 0 spiro atoms. The summed E-state index contributed by atoms with van der Waals surface area (Å²) >= 11 is 0. The van der Waals surface area contributed by atoms with E-state index in [0.717, 1.165) is 17.8 Å². The Morgan fingerprint density at radius 2 is 2.08 bits per heavy atom. The highest BCUT2D eigenvalue weighted by Gasteiger charge is 2.28. The number of aromatic nitrogens is 2. The normalized spacial score (nSPS) is 16.7. The van der Waals surface area contributed by atoms with Crippen molar-refractivity contribution >= 4 is 11.8 Å². The first kappa shape index (κ1) is 18.1. The van der Waals surface area contributed by atoms with Crippen molar-refractivity contribution in [2.45, 2.75) is 32.7 Å². The molecular formula is C19H23FN4O2. The fraction of sp³-hybridized carbons (Fsp3) is 0.421. The molecule has 6 nitrogen and oxygen atoms in total. The summed E-state index contributed by atoms with van der Waals surface area (Å²) < 4.78 is 15.6. The molecule has 2 heterocycles. The third kappa shape index (κ3) is 3.92. The molecule has 3 rings (SSSR count). The molecule has 0 unspecified atom stereocenters. The van der Waals surface area contributed by atoms with Crippen LogP contribution in [0.15, 0.2) is 30.3 Å². The van der Waals surface area contributed by atoms with E-state index in [4.69, 9.17) is 0 Å². The van der Waals surface area contributed by atoms with E-state index >= 15 is 0 Å². The molecule has 1 N–H and O–H groups in total. The second-order valence-corrected chi connectivity index (χ2v) is 6.64. The van der Waals surface area contributed by atoms with Gasteiger partial charge in [0.15, 0.2) is 0 Å². The molecule has 1 aliphatic heterocycles. The maximum absolute atomic E-state index is 13.6. The maximum atomic E-state index is 13.6.